The van der Waals surface area contributed by atoms with Crippen molar-refractivity contribution in [3.05, 3.63) is 30.1 Å². The van der Waals surface area contributed by atoms with Crippen molar-refractivity contribution < 1.29 is 17.9 Å². The number of hydrogen-bond acceptors (Lipinski definition) is 5. The topological polar surface area (TPSA) is 102 Å². The van der Waals surface area contributed by atoms with Crippen LogP contribution in [0, 0.1) is 6.92 Å². The van der Waals surface area contributed by atoms with Gasteiger partial charge in [0.1, 0.15) is 5.75 Å². The predicted molar refractivity (Wildman–Crippen MR) is 88.7 cm³/mol. The van der Waals surface area contributed by atoms with E-state index in [0.717, 1.165) is 0 Å². The van der Waals surface area contributed by atoms with E-state index in [9.17, 15) is 13.2 Å². The molecular formula is C15H18N4O4S. The van der Waals surface area contributed by atoms with Crippen LogP contribution >= 0.6 is 0 Å². The third kappa shape index (κ3) is 3.07. The number of nitrogens with zero attached hydrogens (tertiary/aromatic N) is 2. The summed E-state index contributed by atoms with van der Waals surface area (Å²) in [5.41, 5.74) is 1.36. The lowest BCUT2D eigenvalue weighted by Gasteiger charge is -2.20. The van der Waals surface area contributed by atoms with Gasteiger partial charge in [0, 0.05) is 18.3 Å². The molecule has 2 N–H and O–H groups in total. The minimum Gasteiger partial charge on any atom is -0.482 e. The zero-order valence-electron chi connectivity index (χ0n) is 13.5. The lowest BCUT2D eigenvalue weighted by atomic mass is 10.2. The first-order valence-corrected chi connectivity index (χ1v) is 8.89. The molecule has 3 rings (SSSR count). The number of aryl methyl sites for hydroxylation is 1. The Labute approximate surface area is 139 Å². The number of benzene rings is 1. The Bertz CT molecular complexity index is 902. The maximum atomic E-state index is 12.7. The highest BCUT2D eigenvalue weighted by atomic mass is 32.2. The molecule has 0 saturated carbocycles. The summed E-state index contributed by atoms with van der Waals surface area (Å²) in [5, 5.41) is 6.76. The summed E-state index contributed by atoms with van der Waals surface area (Å²) >= 11 is 0. The molecule has 128 valence electrons. The summed E-state index contributed by atoms with van der Waals surface area (Å²) in [6, 6.07) is 3.13. The van der Waals surface area contributed by atoms with Crippen LogP contribution < -0.4 is 14.8 Å². The summed E-state index contributed by atoms with van der Waals surface area (Å²) in [5.74, 6) is 0.0650. The van der Waals surface area contributed by atoms with E-state index in [1.807, 2.05) is 13.8 Å². The van der Waals surface area contributed by atoms with Gasteiger partial charge in [-0.3, -0.25) is 14.2 Å². The van der Waals surface area contributed by atoms with Crippen LogP contribution in [0.1, 0.15) is 25.5 Å². The number of hydrogen-bond donors (Lipinski definition) is 2. The summed E-state index contributed by atoms with van der Waals surface area (Å²) < 4.78 is 34.8. The van der Waals surface area contributed by atoms with Crippen molar-refractivity contribution in [2.45, 2.75) is 31.7 Å². The smallest absolute Gasteiger partial charge is 0.262 e. The molecule has 1 aromatic carbocycles. The van der Waals surface area contributed by atoms with Crippen molar-refractivity contribution in [3.63, 3.8) is 0 Å². The first-order valence-electron chi connectivity index (χ1n) is 7.40. The number of amides is 1. The molecule has 1 amide bonds. The molecule has 1 aromatic heterocycles. The van der Waals surface area contributed by atoms with Gasteiger partial charge in [-0.2, -0.15) is 5.10 Å². The number of anilines is 2. The number of ether oxygens (including phenoxy) is 1. The molecule has 9 heteroatoms. The fourth-order valence-corrected chi connectivity index (χ4v) is 3.66. The summed E-state index contributed by atoms with van der Waals surface area (Å²) in [4.78, 5) is 11.4. The molecule has 1 aliphatic heterocycles. The highest BCUT2D eigenvalue weighted by molar-refractivity contribution is 7.92. The van der Waals surface area contributed by atoms with Crippen LogP contribution in [0.3, 0.4) is 0 Å². The molecule has 24 heavy (non-hydrogen) atoms. The third-order valence-electron chi connectivity index (χ3n) is 3.58. The molecule has 0 unspecified atom stereocenters. The van der Waals surface area contributed by atoms with Crippen LogP contribution in [-0.4, -0.2) is 30.7 Å². The number of rotatable bonds is 4. The van der Waals surface area contributed by atoms with Gasteiger partial charge in [0.05, 0.1) is 22.5 Å². The molecule has 2 aromatic rings. The molecule has 1 aliphatic rings. The van der Waals surface area contributed by atoms with Gasteiger partial charge in [0.15, 0.2) is 6.61 Å². The minimum absolute atomic E-state index is 0.0923. The van der Waals surface area contributed by atoms with Crippen molar-refractivity contribution in [2.24, 2.45) is 0 Å². The van der Waals surface area contributed by atoms with Crippen LogP contribution in [-0.2, 0) is 14.8 Å². The normalized spacial score (nSPS) is 14.1. The number of sulfonamides is 1. The summed E-state index contributed by atoms with van der Waals surface area (Å²) in [6.45, 7) is 5.42. The first kappa shape index (κ1) is 16.3. The standard InChI is InChI=1S/C15H18N4O4S/c1-9(2)19-7-11(6-16-19)18-24(21,22)14-5-13-12(4-10(14)3)17-15(20)8-23-13/h4-7,9,18H,8H2,1-3H3,(H,17,20). The van der Waals surface area contributed by atoms with Crippen molar-refractivity contribution >= 4 is 27.3 Å². The molecular weight excluding hydrogens is 332 g/mol. The third-order valence-corrected chi connectivity index (χ3v) is 5.11. The van der Waals surface area contributed by atoms with Crippen molar-refractivity contribution in [1.29, 1.82) is 0 Å². The van der Waals surface area contributed by atoms with Gasteiger partial charge >= 0.3 is 0 Å². The second kappa shape index (κ2) is 5.82. The van der Waals surface area contributed by atoms with Crippen LogP contribution in [0.15, 0.2) is 29.4 Å². The van der Waals surface area contributed by atoms with Gasteiger partial charge in [-0.25, -0.2) is 8.42 Å². The number of carbonyl (C=O) groups is 1. The number of carbonyl (C=O) groups excluding carboxylic acids is 1. The zero-order chi connectivity index (χ0) is 17.5. The molecule has 0 aliphatic carbocycles. The van der Waals surface area contributed by atoms with E-state index in [2.05, 4.69) is 15.1 Å². The van der Waals surface area contributed by atoms with Crippen LogP contribution in [0.4, 0.5) is 11.4 Å². The minimum atomic E-state index is -3.80. The van der Waals surface area contributed by atoms with Gasteiger partial charge in [0.25, 0.3) is 15.9 Å². The number of aromatic nitrogens is 2. The molecule has 8 nitrogen and oxygen atoms in total. The molecule has 2 heterocycles. The highest BCUT2D eigenvalue weighted by Crippen LogP contribution is 2.33. The molecule has 0 fully saturated rings. The average molecular weight is 350 g/mol. The van der Waals surface area contributed by atoms with Gasteiger partial charge in [0.2, 0.25) is 0 Å². The lowest BCUT2D eigenvalue weighted by Crippen LogP contribution is -2.26. The molecule has 0 spiro atoms. The second-order valence-electron chi connectivity index (χ2n) is 5.86. The maximum absolute atomic E-state index is 12.7. The largest absolute Gasteiger partial charge is 0.482 e. The van der Waals surface area contributed by atoms with E-state index in [0.29, 0.717) is 22.7 Å². The molecule has 0 bridgehead atoms. The van der Waals surface area contributed by atoms with Crippen molar-refractivity contribution in [1.82, 2.24) is 9.78 Å². The molecule has 0 saturated heterocycles. The number of nitrogens with one attached hydrogen (secondary N) is 2. The average Bonchev–Trinajstić information content (AvgIpc) is 2.94. The Morgan fingerprint density at radius 2 is 2.12 bits per heavy atom. The fourth-order valence-electron chi connectivity index (χ4n) is 2.39. The Morgan fingerprint density at radius 1 is 1.38 bits per heavy atom. The highest BCUT2D eigenvalue weighted by Gasteiger charge is 2.24. The first-order chi connectivity index (χ1) is 11.3. The van der Waals surface area contributed by atoms with E-state index >= 15 is 0 Å². The van der Waals surface area contributed by atoms with Crippen LogP contribution in [0.25, 0.3) is 0 Å². The monoisotopic (exact) mass is 350 g/mol. The number of fused-ring (bicyclic) bond motifs is 1. The summed E-state index contributed by atoms with van der Waals surface area (Å²) in [6.07, 6.45) is 3.09. The maximum Gasteiger partial charge on any atom is 0.262 e. The fraction of sp³-hybridized carbons (Fsp3) is 0.333. The van der Waals surface area contributed by atoms with Crippen LogP contribution in [0.5, 0.6) is 5.75 Å². The van der Waals surface area contributed by atoms with E-state index in [-0.39, 0.29) is 23.5 Å². The van der Waals surface area contributed by atoms with E-state index in [1.165, 1.54) is 12.3 Å². The molecule has 0 atom stereocenters. The van der Waals surface area contributed by atoms with E-state index < -0.39 is 10.0 Å². The Balaban J connectivity index is 1.93. The SMILES string of the molecule is Cc1cc2c(cc1S(=O)(=O)Nc1cnn(C(C)C)c1)OCC(=O)N2. The zero-order valence-corrected chi connectivity index (χ0v) is 14.3. The van der Waals surface area contributed by atoms with Gasteiger partial charge in [-0.15, -0.1) is 0 Å². The lowest BCUT2D eigenvalue weighted by molar-refractivity contribution is -0.118. The Hall–Kier alpha value is -2.55. The quantitative estimate of drug-likeness (QED) is 0.877. The second-order valence-corrected chi connectivity index (χ2v) is 7.51. The summed E-state index contributed by atoms with van der Waals surface area (Å²) in [7, 11) is -3.80. The van der Waals surface area contributed by atoms with Crippen LogP contribution in [0.2, 0.25) is 0 Å². The Morgan fingerprint density at radius 3 is 2.79 bits per heavy atom. The van der Waals surface area contributed by atoms with Gasteiger partial charge in [-0.05, 0) is 32.4 Å². The Kier molecular flexibility index (Phi) is 3.96. The van der Waals surface area contributed by atoms with Gasteiger partial charge in [-0.1, -0.05) is 0 Å². The van der Waals surface area contributed by atoms with Crippen molar-refractivity contribution in [2.75, 3.05) is 16.6 Å². The van der Waals surface area contributed by atoms with Gasteiger partial charge < -0.3 is 10.1 Å². The molecule has 0 radical (unpaired) electrons. The van der Waals surface area contributed by atoms with Crippen molar-refractivity contribution in [3.8, 4) is 5.75 Å². The van der Waals surface area contributed by atoms with E-state index in [4.69, 9.17) is 4.74 Å². The predicted octanol–water partition coefficient (Wildman–Crippen LogP) is 1.90. The van der Waals surface area contributed by atoms with E-state index in [1.54, 1.807) is 23.9 Å².